The maximum Gasteiger partial charge on any atom is 0.170 e. The van der Waals surface area contributed by atoms with Gasteiger partial charge in [-0.15, -0.1) is 0 Å². The summed E-state index contributed by atoms with van der Waals surface area (Å²) in [6, 6.07) is 0.561. The minimum atomic E-state index is -0.0906. The third-order valence-corrected chi connectivity index (χ3v) is 14.3. The zero-order valence-corrected chi connectivity index (χ0v) is 27.5. The Hall–Kier alpha value is -0.280. The Bertz CT molecular complexity index is 942. The van der Waals surface area contributed by atoms with E-state index in [9.17, 15) is 5.11 Å². The van der Waals surface area contributed by atoms with Gasteiger partial charge in [-0.3, -0.25) is 4.90 Å². The van der Waals surface area contributed by atoms with Crippen molar-refractivity contribution in [1.82, 2.24) is 4.90 Å². The zero-order chi connectivity index (χ0) is 29.9. The van der Waals surface area contributed by atoms with Crippen LogP contribution in [0.4, 0.5) is 0 Å². The first kappa shape index (κ1) is 31.7. The Kier molecular flexibility index (Phi) is 8.92. The van der Waals surface area contributed by atoms with Gasteiger partial charge in [-0.25, -0.2) is 0 Å². The van der Waals surface area contributed by atoms with Crippen LogP contribution in [0, 0.1) is 45.3 Å². The smallest absolute Gasteiger partial charge is 0.170 e. The number of fused-ring (bicyclic) bond motifs is 4. The number of morpholine rings is 1. The second-order valence-electron chi connectivity index (χ2n) is 15.7. The number of aliphatic hydroxyl groups is 2. The van der Waals surface area contributed by atoms with Gasteiger partial charge in [0.1, 0.15) is 0 Å². The van der Waals surface area contributed by atoms with Crippen LogP contribution in [-0.2, 0) is 18.9 Å². The molecule has 11 atom stereocenters. The van der Waals surface area contributed by atoms with Crippen molar-refractivity contribution in [2.24, 2.45) is 45.3 Å². The quantitative estimate of drug-likeness (QED) is 0.462. The second kappa shape index (κ2) is 11.8. The van der Waals surface area contributed by atoms with Gasteiger partial charge in [0, 0.05) is 13.7 Å². The van der Waals surface area contributed by atoms with Crippen molar-refractivity contribution in [2.45, 2.75) is 129 Å². The molecule has 8 fully saturated rings. The molecule has 0 radical (unpaired) electrons. The topological polar surface area (TPSA) is 80.6 Å². The predicted molar refractivity (Wildman–Crippen MR) is 163 cm³/mol. The maximum atomic E-state index is 9.77. The van der Waals surface area contributed by atoms with Crippen LogP contribution in [0.1, 0.15) is 98.8 Å². The Morgan fingerprint density at radius 3 is 2.36 bits per heavy atom. The van der Waals surface area contributed by atoms with Crippen LogP contribution in [0.3, 0.4) is 0 Å². The summed E-state index contributed by atoms with van der Waals surface area (Å²) in [4.78, 5) is 2.53. The highest BCUT2D eigenvalue weighted by molar-refractivity contribution is 5.29. The van der Waals surface area contributed by atoms with Gasteiger partial charge >= 0.3 is 0 Å². The monoisotopic (exact) mass is 591 g/mol. The Morgan fingerprint density at radius 1 is 0.881 bits per heavy atom. The molecule has 3 saturated heterocycles. The molecule has 0 aromatic carbocycles. The maximum absolute atomic E-state index is 9.77. The minimum Gasteiger partial charge on any atom is -0.400 e. The summed E-state index contributed by atoms with van der Waals surface area (Å²) in [5.74, 6) is 3.18. The summed E-state index contributed by atoms with van der Waals surface area (Å²) in [5.41, 5.74) is 1.77. The van der Waals surface area contributed by atoms with Crippen LogP contribution in [0.15, 0.2) is 0 Å². The van der Waals surface area contributed by atoms with Crippen LogP contribution in [-0.4, -0.2) is 92.4 Å². The van der Waals surface area contributed by atoms with Gasteiger partial charge in [-0.1, -0.05) is 34.6 Å². The fourth-order valence-corrected chi connectivity index (χ4v) is 12.3. The number of ether oxygens (including phenoxy) is 4. The summed E-state index contributed by atoms with van der Waals surface area (Å²) in [6.07, 6.45) is 13.9. The lowest BCUT2D eigenvalue weighted by Crippen LogP contribution is -2.58. The molecule has 7 heteroatoms. The molecule has 3 heterocycles. The predicted octanol–water partition coefficient (Wildman–Crippen LogP) is 5.26. The third-order valence-electron chi connectivity index (χ3n) is 14.3. The van der Waals surface area contributed by atoms with Crippen molar-refractivity contribution >= 4 is 0 Å². The number of nitrogens with zero attached hydrogens (tertiary/aromatic N) is 1. The zero-order valence-electron chi connectivity index (χ0n) is 27.5. The van der Waals surface area contributed by atoms with Crippen molar-refractivity contribution in [3.05, 3.63) is 0 Å². The van der Waals surface area contributed by atoms with Crippen molar-refractivity contribution in [2.75, 3.05) is 46.6 Å². The highest BCUT2D eigenvalue weighted by Crippen LogP contribution is 2.87. The first-order valence-corrected chi connectivity index (χ1v) is 17.6. The van der Waals surface area contributed by atoms with Crippen LogP contribution < -0.4 is 0 Å². The molecule has 242 valence electrons. The first-order chi connectivity index (χ1) is 20.3. The SMILES string of the molecule is CC.CC1(C)C2CCC3C4CC5OC(CO)CCC5[C@@]4(C)CC[C@]34C[C@]24CC[C@@H]1OC1CN(C2COC2)CCO1.CO. The molecular formula is C35H61NO6. The van der Waals surface area contributed by atoms with Gasteiger partial charge in [0.2, 0.25) is 0 Å². The van der Waals surface area contributed by atoms with Crippen molar-refractivity contribution in [3.63, 3.8) is 0 Å². The minimum absolute atomic E-state index is 0.0790. The van der Waals surface area contributed by atoms with E-state index in [4.69, 9.17) is 24.1 Å². The van der Waals surface area contributed by atoms with Crippen molar-refractivity contribution in [3.8, 4) is 0 Å². The lowest BCUT2D eigenvalue weighted by molar-refractivity contribution is -0.253. The van der Waals surface area contributed by atoms with Crippen molar-refractivity contribution in [1.29, 1.82) is 0 Å². The highest BCUT2D eigenvalue weighted by atomic mass is 16.7. The molecule has 2 spiro atoms. The van der Waals surface area contributed by atoms with Gasteiger partial charge in [0.05, 0.1) is 57.3 Å². The van der Waals surface area contributed by atoms with E-state index in [1.165, 1.54) is 57.8 Å². The molecule has 0 amide bonds. The number of hydrogen-bond donors (Lipinski definition) is 2. The number of aliphatic hydroxyl groups excluding tert-OH is 2. The molecule has 5 saturated carbocycles. The van der Waals surface area contributed by atoms with Gasteiger partial charge in [0.25, 0.3) is 0 Å². The van der Waals surface area contributed by atoms with E-state index >= 15 is 0 Å². The van der Waals surface area contributed by atoms with Crippen molar-refractivity contribution < 1.29 is 29.2 Å². The summed E-state index contributed by atoms with van der Waals surface area (Å²) < 4.78 is 25.0. The first-order valence-electron chi connectivity index (χ1n) is 17.6. The van der Waals surface area contributed by atoms with Crippen LogP contribution in [0.5, 0.6) is 0 Å². The van der Waals surface area contributed by atoms with Crippen LogP contribution >= 0.6 is 0 Å². The van der Waals surface area contributed by atoms with E-state index in [1.54, 1.807) is 0 Å². The van der Waals surface area contributed by atoms with E-state index in [0.29, 0.717) is 40.4 Å². The molecular weight excluding hydrogens is 530 g/mol. The van der Waals surface area contributed by atoms with E-state index in [0.717, 1.165) is 64.2 Å². The van der Waals surface area contributed by atoms with E-state index in [-0.39, 0.29) is 24.4 Å². The highest BCUT2D eigenvalue weighted by Gasteiger charge is 2.80. The molecule has 8 aliphatic rings. The molecule has 0 aromatic rings. The second-order valence-corrected chi connectivity index (χ2v) is 15.7. The molecule has 42 heavy (non-hydrogen) atoms. The summed E-state index contributed by atoms with van der Waals surface area (Å²) in [5, 5.41) is 16.8. The lowest BCUT2D eigenvalue weighted by Gasteiger charge is -2.60. The normalized spacial score (nSPS) is 50.6. The molecule has 8 rings (SSSR count). The largest absolute Gasteiger partial charge is 0.400 e. The number of hydrogen-bond acceptors (Lipinski definition) is 7. The average Bonchev–Trinajstić information content (AvgIpc) is 3.56. The van der Waals surface area contributed by atoms with Crippen LogP contribution in [0.2, 0.25) is 0 Å². The summed E-state index contributed by atoms with van der Waals surface area (Å²) >= 11 is 0. The molecule has 0 bridgehead atoms. The standard InChI is InChI=1S/C32H51NO5.C2H6.CH4O/c1-29(2)26-7-6-22-24-14-25-23(5-4-21(16-34)37-25)30(24,3)10-11-31(22)19-32(26,31)9-8-27(29)38-28-15-33(12-13-36-28)20-17-35-18-20;2*1-2/h20-28,34H,4-19H2,1-3H3;1-2H3;2H,1H3/t21?,22?,23?,24?,25?,26?,27-,28?,30+,31-,32+;;/m0../s1. The summed E-state index contributed by atoms with van der Waals surface area (Å²) in [7, 11) is 1.00. The lowest BCUT2D eigenvalue weighted by atomic mass is 9.46. The fraction of sp³-hybridized carbons (Fsp3) is 1.00. The van der Waals surface area contributed by atoms with Crippen LogP contribution in [0.25, 0.3) is 0 Å². The molecule has 2 N–H and O–H groups in total. The van der Waals surface area contributed by atoms with E-state index in [2.05, 4.69) is 25.7 Å². The van der Waals surface area contributed by atoms with E-state index < -0.39 is 0 Å². The number of rotatable bonds is 4. The van der Waals surface area contributed by atoms with Gasteiger partial charge in [0.15, 0.2) is 6.29 Å². The molecule has 5 aliphatic carbocycles. The molecule has 7 unspecified atom stereocenters. The Labute approximate surface area is 255 Å². The van der Waals surface area contributed by atoms with Gasteiger partial charge < -0.3 is 29.2 Å². The van der Waals surface area contributed by atoms with E-state index in [1.807, 2.05) is 13.8 Å². The van der Waals surface area contributed by atoms with Gasteiger partial charge in [-0.05, 0) is 110 Å². The summed E-state index contributed by atoms with van der Waals surface area (Å²) in [6.45, 7) is 16.3. The molecule has 3 aliphatic heterocycles. The fourth-order valence-electron chi connectivity index (χ4n) is 12.3. The molecule has 7 nitrogen and oxygen atoms in total. The third kappa shape index (κ3) is 4.60. The Balaban J connectivity index is 0.000000759. The average molecular weight is 592 g/mol. The Morgan fingerprint density at radius 2 is 1.64 bits per heavy atom. The van der Waals surface area contributed by atoms with Gasteiger partial charge in [-0.2, -0.15) is 0 Å². The molecule has 0 aromatic heterocycles.